The molecule has 0 spiro atoms. The Morgan fingerprint density at radius 1 is 1.36 bits per heavy atom. The van der Waals surface area contributed by atoms with E-state index in [0.717, 1.165) is 12.1 Å². The minimum absolute atomic E-state index is 0.0850. The van der Waals surface area contributed by atoms with Gasteiger partial charge in [0.15, 0.2) is 0 Å². The molecule has 2 rings (SSSR count). The van der Waals surface area contributed by atoms with Crippen molar-refractivity contribution >= 4 is 17.8 Å². The maximum atomic E-state index is 12.9. The molecule has 0 radical (unpaired) electrons. The van der Waals surface area contributed by atoms with Crippen molar-refractivity contribution in [2.45, 2.75) is 44.9 Å². The molecular formula is C16H20F3N3O3. The Kier molecular flexibility index (Phi) is 5.15. The molecule has 1 atom stereocenters. The van der Waals surface area contributed by atoms with Crippen LogP contribution in [0, 0.1) is 0 Å². The van der Waals surface area contributed by atoms with E-state index in [1.165, 1.54) is 11.0 Å². The lowest BCUT2D eigenvalue weighted by Gasteiger charge is -2.46. The molecule has 1 unspecified atom stereocenters. The first-order valence-corrected chi connectivity index (χ1v) is 7.89. The summed E-state index contributed by atoms with van der Waals surface area (Å²) in [6.45, 7) is 3.45. The number of benzene rings is 1. The SMILES string of the molecule is CCOC(=O)N1c2ccc(C(F)(F)F)cc2CCC1(CC)NC(N)=O. The summed E-state index contributed by atoms with van der Waals surface area (Å²) >= 11 is 0. The van der Waals surface area contributed by atoms with E-state index in [1.807, 2.05) is 0 Å². The van der Waals surface area contributed by atoms with Crippen molar-refractivity contribution in [2.24, 2.45) is 5.73 Å². The van der Waals surface area contributed by atoms with Gasteiger partial charge in [0.25, 0.3) is 0 Å². The number of nitrogens with two attached hydrogens (primary N) is 1. The molecule has 138 valence electrons. The van der Waals surface area contributed by atoms with E-state index in [1.54, 1.807) is 13.8 Å². The van der Waals surface area contributed by atoms with E-state index in [-0.39, 0.29) is 25.1 Å². The number of aryl methyl sites for hydroxylation is 1. The van der Waals surface area contributed by atoms with Crippen molar-refractivity contribution in [3.05, 3.63) is 29.3 Å². The van der Waals surface area contributed by atoms with Crippen molar-refractivity contribution in [2.75, 3.05) is 11.5 Å². The van der Waals surface area contributed by atoms with Crippen LogP contribution in [0.2, 0.25) is 0 Å². The molecule has 25 heavy (non-hydrogen) atoms. The largest absolute Gasteiger partial charge is 0.449 e. The maximum absolute atomic E-state index is 12.9. The summed E-state index contributed by atoms with van der Waals surface area (Å²) in [7, 11) is 0. The van der Waals surface area contributed by atoms with Gasteiger partial charge in [-0.2, -0.15) is 13.2 Å². The summed E-state index contributed by atoms with van der Waals surface area (Å²) in [5, 5.41) is 2.56. The van der Waals surface area contributed by atoms with Crippen LogP contribution in [0.25, 0.3) is 0 Å². The van der Waals surface area contributed by atoms with Crippen molar-refractivity contribution in [1.29, 1.82) is 0 Å². The number of carbonyl (C=O) groups excluding carboxylic acids is 2. The van der Waals surface area contributed by atoms with Crippen LogP contribution >= 0.6 is 0 Å². The number of fused-ring (bicyclic) bond motifs is 1. The number of halogens is 3. The first-order valence-electron chi connectivity index (χ1n) is 7.89. The van der Waals surface area contributed by atoms with Crippen molar-refractivity contribution in [3.8, 4) is 0 Å². The molecule has 0 saturated heterocycles. The highest BCUT2D eigenvalue weighted by Gasteiger charge is 2.45. The lowest BCUT2D eigenvalue weighted by atomic mass is 9.88. The summed E-state index contributed by atoms with van der Waals surface area (Å²) < 4.78 is 43.9. The van der Waals surface area contributed by atoms with Gasteiger partial charge in [-0.15, -0.1) is 0 Å². The number of urea groups is 1. The average molecular weight is 359 g/mol. The second-order valence-corrected chi connectivity index (χ2v) is 5.75. The van der Waals surface area contributed by atoms with Crippen LogP contribution in [0.5, 0.6) is 0 Å². The summed E-state index contributed by atoms with van der Waals surface area (Å²) in [4.78, 5) is 25.1. The van der Waals surface area contributed by atoms with Crippen LogP contribution in [-0.2, 0) is 17.3 Å². The summed E-state index contributed by atoms with van der Waals surface area (Å²) in [5.41, 5.74) is 3.94. The van der Waals surface area contributed by atoms with E-state index in [2.05, 4.69) is 5.32 Å². The zero-order valence-electron chi connectivity index (χ0n) is 13.9. The molecule has 0 aliphatic carbocycles. The minimum atomic E-state index is -4.48. The normalized spacial score (nSPS) is 20.0. The molecule has 3 amide bonds. The fourth-order valence-electron chi connectivity index (χ4n) is 3.10. The number of amides is 3. The summed E-state index contributed by atoms with van der Waals surface area (Å²) in [6.07, 6.45) is -4.44. The monoisotopic (exact) mass is 359 g/mol. The third-order valence-corrected chi connectivity index (χ3v) is 4.27. The predicted molar refractivity (Wildman–Crippen MR) is 85.0 cm³/mol. The Hall–Kier alpha value is -2.45. The maximum Gasteiger partial charge on any atom is 0.416 e. The number of primary amides is 1. The number of nitrogens with zero attached hydrogens (tertiary/aromatic N) is 1. The third kappa shape index (κ3) is 3.64. The Labute approximate surface area is 143 Å². The molecule has 1 heterocycles. The molecule has 1 aliphatic rings. The first-order chi connectivity index (χ1) is 11.6. The third-order valence-electron chi connectivity index (χ3n) is 4.27. The fraction of sp³-hybridized carbons (Fsp3) is 0.500. The van der Waals surface area contributed by atoms with Gasteiger partial charge < -0.3 is 15.8 Å². The van der Waals surface area contributed by atoms with Gasteiger partial charge in [-0.3, -0.25) is 4.90 Å². The van der Waals surface area contributed by atoms with E-state index >= 15 is 0 Å². The van der Waals surface area contributed by atoms with Gasteiger partial charge in [0.1, 0.15) is 5.66 Å². The smallest absolute Gasteiger partial charge is 0.416 e. The predicted octanol–water partition coefficient (Wildman–Crippen LogP) is 3.39. The van der Waals surface area contributed by atoms with E-state index < -0.39 is 29.5 Å². The van der Waals surface area contributed by atoms with Gasteiger partial charge in [-0.05, 0) is 49.9 Å². The van der Waals surface area contributed by atoms with E-state index in [9.17, 15) is 22.8 Å². The molecular weight excluding hydrogens is 339 g/mol. The van der Waals surface area contributed by atoms with Crippen LogP contribution < -0.4 is 16.0 Å². The molecule has 0 aromatic heterocycles. The van der Waals surface area contributed by atoms with Crippen molar-refractivity contribution in [1.82, 2.24) is 5.32 Å². The Balaban J connectivity index is 2.56. The number of nitrogens with one attached hydrogen (secondary N) is 1. The average Bonchev–Trinajstić information content (AvgIpc) is 2.52. The van der Waals surface area contributed by atoms with E-state index in [0.29, 0.717) is 12.0 Å². The second kappa shape index (κ2) is 6.81. The Morgan fingerprint density at radius 3 is 2.56 bits per heavy atom. The highest BCUT2D eigenvalue weighted by molar-refractivity contribution is 5.92. The number of anilines is 1. The molecule has 3 N–H and O–H groups in total. The minimum Gasteiger partial charge on any atom is -0.449 e. The van der Waals surface area contributed by atoms with Gasteiger partial charge in [0, 0.05) is 0 Å². The Bertz CT molecular complexity index is 678. The lowest BCUT2D eigenvalue weighted by molar-refractivity contribution is -0.137. The summed E-state index contributed by atoms with van der Waals surface area (Å²) in [5.74, 6) is 0. The van der Waals surface area contributed by atoms with Crippen LogP contribution in [0.1, 0.15) is 37.8 Å². The van der Waals surface area contributed by atoms with Gasteiger partial charge in [0.2, 0.25) is 0 Å². The highest BCUT2D eigenvalue weighted by Crippen LogP contribution is 2.41. The zero-order chi connectivity index (χ0) is 18.8. The highest BCUT2D eigenvalue weighted by atomic mass is 19.4. The number of alkyl halides is 3. The van der Waals surface area contributed by atoms with Crippen molar-refractivity contribution < 1.29 is 27.5 Å². The standard InChI is InChI=1S/C16H20F3N3O3/c1-3-15(21-13(20)23)8-7-10-9-11(16(17,18)19)5-6-12(10)22(15)14(24)25-4-2/h5-6,9H,3-4,7-8H2,1-2H3,(H3,20,21,23). The number of hydrogen-bond donors (Lipinski definition) is 2. The lowest BCUT2D eigenvalue weighted by Crippen LogP contribution is -2.65. The molecule has 0 saturated carbocycles. The molecule has 1 aromatic carbocycles. The number of hydrogen-bond acceptors (Lipinski definition) is 3. The molecule has 0 fully saturated rings. The van der Waals surface area contributed by atoms with E-state index in [4.69, 9.17) is 10.5 Å². The molecule has 0 bridgehead atoms. The molecule has 6 nitrogen and oxygen atoms in total. The first kappa shape index (κ1) is 18.9. The van der Waals surface area contributed by atoms with Gasteiger partial charge in [-0.1, -0.05) is 6.92 Å². The van der Waals surface area contributed by atoms with Gasteiger partial charge >= 0.3 is 18.3 Å². The molecule has 1 aliphatic heterocycles. The number of ether oxygens (including phenoxy) is 1. The zero-order valence-corrected chi connectivity index (χ0v) is 13.9. The number of carbonyl (C=O) groups is 2. The molecule has 9 heteroatoms. The van der Waals surface area contributed by atoms with Crippen LogP contribution in [0.4, 0.5) is 28.4 Å². The molecule has 1 aromatic rings. The summed E-state index contributed by atoms with van der Waals surface area (Å²) in [6, 6.07) is 2.32. The Morgan fingerprint density at radius 2 is 2.04 bits per heavy atom. The van der Waals surface area contributed by atoms with Crippen LogP contribution in [0.15, 0.2) is 18.2 Å². The second-order valence-electron chi connectivity index (χ2n) is 5.75. The van der Waals surface area contributed by atoms with Crippen LogP contribution in [-0.4, -0.2) is 24.4 Å². The van der Waals surface area contributed by atoms with Crippen molar-refractivity contribution in [3.63, 3.8) is 0 Å². The number of rotatable bonds is 3. The van der Waals surface area contributed by atoms with Gasteiger partial charge in [0.05, 0.1) is 17.9 Å². The fourth-order valence-corrected chi connectivity index (χ4v) is 3.10. The van der Waals surface area contributed by atoms with Crippen LogP contribution in [0.3, 0.4) is 0 Å². The van der Waals surface area contributed by atoms with Gasteiger partial charge in [-0.25, -0.2) is 9.59 Å². The topological polar surface area (TPSA) is 84.7 Å². The quantitative estimate of drug-likeness (QED) is 0.868.